The molecule has 1 saturated heterocycles. The number of amides is 3. The summed E-state index contributed by atoms with van der Waals surface area (Å²) in [6, 6.07) is 10.8. The van der Waals surface area contributed by atoms with Crippen LogP contribution in [0.2, 0.25) is 0 Å². The quantitative estimate of drug-likeness (QED) is 0.584. The Hall–Kier alpha value is -3.72. The van der Waals surface area contributed by atoms with Gasteiger partial charge in [0.1, 0.15) is 5.82 Å². The van der Waals surface area contributed by atoms with Crippen molar-refractivity contribution in [3.63, 3.8) is 0 Å². The summed E-state index contributed by atoms with van der Waals surface area (Å²) < 4.78 is 19.7. The number of urea groups is 1. The Morgan fingerprint density at radius 1 is 1.13 bits per heavy atom. The van der Waals surface area contributed by atoms with Crippen molar-refractivity contribution < 1.29 is 23.5 Å². The van der Waals surface area contributed by atoms with E-state index in [0.29, 0.717) is 37.4 Å². The van der Waals surface area contributed by atoms with Gasteiger partial charge in [-0.3, -0.25) is 14.6 Å². The van der Waals surface area contributed by atoms with Gasteiger partial charge in [0, 0.05) is 45.0 Å². The highest BCUT2D eigenvalue weighted by Crippen LogP contribution is 2.34. The first-order valence-corrected chi connectivity index (χ1v) is 12.9. The predicted molar refractivity (Wildman–Crippen MR) is 142 cm³/mol. The zero-order valence-electron chi connectivity index (χ0n) is 22.6. The summed E-state index contributed by atoms with van der Waals surface area (Å²) in [6.07, 6.45) is 0. The van der Waals surface area contributed by atoms with Crippen molar-refractivity contribution in [1.82, 2.24) is 20.0 Å². The lowest BCUT2D eigenvalue weighted by atomic mass is 9.90. The van der Waals surface area contributed by atoms with Crippen molar-refractivity contribution >= 4 is 17.9 Å². The lowest BCUT2D eigenvalue weighted by Crippen LogP contribution is -2.56. The molecular weight excluding hydrogens is 487 g/mol. The van der Waals surface area contributed by atoms with Crippen LogP contribution >= 0.6 is 0 Å². The van der Waals surface area contributed by atoms with Crippen molar-refractivity contribution in [2.45, 2.75) is 39.8 Å². The minimum atomic E-state index is -0.644. The van der Waals surface area contributed by atoms with Crippen LogP contribution in [0.15, 0.2) is 53.7 Å². The monoisotopic (exact) mass is 522 g/mol. The van der Waals surface area contributed by atoms with Gasteiger partial charge in [0.25, 0.3) is 5.91 Å². The molecule has 1 N–H and O–H groups in total. The molecule has 0 aromatic heterocycles. The molecule has 2 heterocycles. The van der Waals surface area contributed by atoms with E-state index in [-0.39, 0.29) is 30.2 Å². The summed E-state index contributed by atoms with van der Waals surface area (Å²) in [6.45, 7) is 9.54. The summed E-state index contributed by atoms with van der Waals surface area (Å²) in [5.41, 5.74) is 3.86. The number of aryl methyl sites for hydroxylation is 2. The molecular formula is C29H35FN4O4. The molecule has 0 unspecified atom stereocenters. The van der Waals surface area contributed by atoms with Crippen LogP contribution in [-0.2, 0) is 9.53 Å². The zero-order valence-corrected chi connectivity index (χ0v) is 22.6. The Kier molecular flexibility index (Phi) is 8.16. The number of nitrogens with one attached hydrogen (secondary N) is 1. The number of benzene rings is 2. The van der Waals surface area contributed by atoms with Crippen molar-refractivity contribution in [2.24, 2.45) is 0 Å². The molecule has 2 aliphatic heterocycles. The highest BCUT2D eigenvalue weighted by atomic mass is 19.1. The van der Waals surface area contributed by atoms with Crippen LogP contribution in [0.4, 0.5) is 9.18 Å². The van der Waals surface area contributed by atoms with Gasteiger partial charge in [-0.1, -0.05) is 35.9 Å². The number of ether oxygens (including phenoxy) is 1. The minimum Gasteiger partial charge on any atom is -0.463 e. The Balaban J connectivity index is 1.64. The normalized spacial score (nSPS) is 20.4. The van der Waals surface area contributed by atoms with E-state index >= 15 is 0 Å². The second-order valence-electron chi connectivity index (χ2n) is 9.94. The van der Waals surface area contributed by atoms with Crippen LogP contribution in [0, 0.1) is 19.7 Å². The molecule has 3 amide bonds. The van der Waals surface area contributed by atoms with Crippen LogP contribution in [0.5, 0.6) is 0 Å². The highest BCUT2D eigenvalue weighted by Gasteiger charge is 2.39. The third-order valence-corrected chi connectivity index (χ3v) is 7.27. The molecule has 0 saturated carbocycles. The standard InChI is InChI=1S/C29H35FN4O4/c1-6-38-28(36)25-24(32(5)29(37)31-26(25)22-15-18(2)11-12-19(22)3)17-33-13-14-34(20(4)16-33)27(35)21-9-7-8-10-23(21)30/h7-12,15,20,26H,6,13-14,16-17H2,1-5H3,(H,31,37)/t20-,26-/m1/s1. The van der Waals surface area contributed by atoms with Gasteiger partial charge in [-0.2, -0.15) is 0 Å². The molecule has 0 bridgehead atoms. The van der Waals surface area contributed by atoms with E-state index in [1.165, 1.54) is 17.0 Å². The van der Waals surface area contributed by atoms with Gasteiger partial charge in [0.05, 0.1) is 23.8 Å². The SMILES string of the molecule is CCOC(=O)C1=C(CN2CCN(C(=O)c3ccccc3F)[C@H](C)C2)N(C)C(=O)N[C@@H]1c1cc(C)ccc1C. The summed E-state index contributed by atoms with van der Waals surface area (Å²) in [7, 11) is 1.64. The predicted octanol–water partition coefficient (Wildman–Crippen LogP) is 3.80. The Morgan fingerprint density at radius 3 is 2.55 bits per heavy atom. The molecule has 0 aliphatic carbocycles. The first-order valence-electron chi connectivity index (χ1n) is 12.9. The summed E-state index contributed by atoms with van der Waals surface area (Å²) >= 11 is 0. The Morgan fingerprint density at radius 2 is 1.87 bits per heavy atom. The Bertz CT molecular complexity index is 1280. The van der Waals surface area contributed by atoms with Crippen molar-refractivity contribution in [3.05, 3.63) is 81.8 Å². The average Bonchev–Trinajstić information content (AvgIpc) is 2.88. The van der Waals surface area contributed by atoms with Gasteiger partial charge in [0.2, 0.25) is 0 Å². The zero-order chi connectivity index (χ0) is 27.6. The van der Waals surface area contributed by atoms with Gasteiger partial charge in [0.15, 0.2) is 0 Å². The van der Waals surface area contributed by atoms with E-state index in [4.69, 9.17) is 4.74 Å². The van der Waals surface area contributed by atoms with Gasteiger partial charge in [-0.15, -0.1) is 0 Å². The van der Waals surface area contributed by atoms with Crippen molar-refractivity contribution in [2.75, 3.05) is 39.8 Å². The first kappa shape index (κ1) is 27.3. The number of hydrogen-bond acceptors (Lipinski definition) is 5. The third kappa shape index (κ3) is 5.43. The van der Waals surface area contributed by atoms with E-state index in [1.54, 1.807) is 31.0 Å². The fourth-order valence-electron chi connectivity index (χ4n) is 5.18. The molecule has 2 atom stereocenters. The van der Waals surface area contributed by atoms with Gasteiger partial charge >= 0.3 is 12.0 Å². The number of hydrogen-bond donors (Lipinski definition) is 1. The highest BCUT2D eigenvalue weighted by molar-refractivity contribution is 5.96. The maximum absolute atomic E-state index is 14.2. The van der Waals surface area contributed by atoms with E-state index < -0.39 is 17.8 Å². The molecule has 9 heteroatoms. The molecule has 0 radical (unpaired) electrons. The third-order valence-electron chi connectivity index (χ3n) is 7.27. The molecule has 1 fully saturated rings. The van der Waals surface area contributed by atoms with Crippen molar-refractivity contribution in [3.8, 4) is 0 Å². The lowest BCUT2D eigenvalue weighted by molar-refractivity contribution is -0.139. The molecule has 4 rings (SSSR count). The van der Waals surface area contributed by atoms with E-state index in [2.05, 4.69) is 10.2 Å². The van der Waals surface area contributed by atoms with Gasteiger partial charge in [-0.05, 0) is 51.0 Å². The van der Waals surface area contributed by atoms with E-state index in [1.807, 2.05) is 39.0 Å². The number of likely N-dealkylation sites (N-methyl/N-ethyl adjacent to an activating group) is 1. The summed E-state index contributed by atoms with van der Waals surface area (Å²) in [5, 5.41) is 2.98. The molecule has 2 aliphatic rings. The number of piperazine rings is 1. The fourth-order valence-corrected chi connectivity index (χ4v) is 5.18. The molecule has 2 aromatic rings. The van der Waals surface area contributed by atoms with Crippen LogP contribution in [0.1, 0.15) is 46.9 Å². The molecule has 202 valence electrons. The first-order chi connectivity index (χ1) is 18.1. The maximum Gasteiger partial charge on any atom is 0.338 e. The summed E-state index contributed by atoms with van der Waals surface area (Å²) in [5.74, 6) is -1.35. The molecule has 8 nitrogen and oxygen atoms in total. The summed E-state index contributed by atoms with van der Waals surface area (Å²) in [4.78, 5) is 44.7. The van der Waals surface area contributed by atoms with Gasteiger partial charge in [-0.25, -0.2) is 14.0 Å². The van der Waals surface area contributed by atoms with Gasteiger partial charge < -0.3 is 15.0 Å². The number of rotatable bonds is 6. The van der Waals surface area contributed by atoms with Crippen LogP contribution < -0.4 is 5.32 Å². The maximum atomic E-state index is 14.2. The number of carbonyl (C=O) groups is 3. The minimum absolute atomic E-state index is 0.0557. The van der Waals surface area contributed by atoms with Crippen LogP contribution in [-0.4, -0.2) is 78.5 Å². The van der Waals surface area contributed by atoms with E-state index in [0.717, 1.165) is 16.7 Å². The number of esters is 1. The van der Waals surface area contributed by atoms with E-state index in [9.17, 15) is 18.8 Å². The number of carbonyl (C=O) groups excluding carboxylic acids is 3. The van der Waals surface area contributed by atoms with Crippen molar-refractivity contribution in [1.29, 1.82) is 0 Å². The number of halogens is 1. The number of nitrogens with zero attached hydrogens (tertiary/aromatic N) is 3. The van der Waals surface area contributed by atoms with Crippen LogP contribution in [0.3, 0.4) is 0 Å². The molecule has 0 spiro atoms. The Labute approximate surface area is 223 Å². The molecule has 38 heavy (non-hydrogen) atoms. The fraction of sp³-hybridized carbons (Fsp3) is 0.414. The molecule has 2 aromatic carbocycles. The topological polar surface area (TPSA) is 82.2 Å². The van der Waals surface area contributed by atoms with Crippen LogP contribution in [0.25, 0.3) is 0 Å². The smallest absolute Gasteiger partial charge is 0.338 e. The average molecular weight is 523 g/mol. The largest absolute Gasteiger partial charge is 0.463 e. The second-order valence-corrected chi connectivity index (χ2v) is 9.94. The lowest BCUT2D eigenvalue weighted by Gasteiger charge is -2.42. The second kappa shape index (κ2) is 11.3.